The quantitative estimate of drug-likeness (QED) is 0.639. The van der Waals surface area contributed by atoms with E-state index in [1.54, 1.807) is 0 Å². The van der Waals surface area contributed by atoms with Gasteiger partial charge in [0.2, 0.25) is 0 Å². The van der Waals surface area contributed by atoms with Crippen LogP contribution in [-0.2, 0) is 0 Å². The van der Waals surface area contributed by atoms with E-state index in [4.69, 9.17) is 11.0 Å². The average molecular weight is 164 g/mol. The molecule has 0 aromatic rings. The van der Waals surface area contributed by atoms with Crippen molar-refractivity contribution in [2.24, 2.45) is 11.7 Å². The normalized spacial score (nSPS) is 15.7. The van der Waals surface area contributed by atoms with Crippen LogP contribution in [0.4, 0.5) is 13.2 Å². The van der Waals surface area contributed by atoms with Gasteiger partial charge in [-0.25, -0.2) is 0 Å². The van der Waals surface area contributed by atoms with Crippen LogP contribution in [0.1, 0.15) is 6.92 Å². The van der Waals surface area contributed by atoms with Crippen molar-refractivity contribution in [1.82, 2.24) is 0 Å². The van der Waals surface area contributed by atoms with Gasteiger partial charge in [0.25, 0.3) is 0 Å². The molecule has 0 aliphatic carbocycles. The molecule has 2 N–H and O–H groups in total. The van der Waals surface area contributed by atoms with Crippen molar-refractivity contribution >= 4 is 0 Å². The minimum atomic E-state index is -4.56. The molecule has 0 saturated carbocycles. The summed E-state index contributed by atoms with van der Waals surface area (Å²) >= 11 is 0. The van der Waals surface area contributed by atoms with Gasteiger partial charge in [0, 0.05) is 5.70 Å². The van der Waals surface area contributed by atoms with E-state index in [-0.39, 0.29) is 0 Å². The molecule has 0 aromatic heterocycles. The number of nitrogens with two attached hydrogens (primary N) is 1. The lowest BCUT2D eigenvalue weighted by molar-refractivity contribution is -0.149. The summed E-state index contributed by atoms with van der Waals surface area (Å²) in [5.74, 6) is -2.17. The molecule has 1 unspecified atom stereocenters. The van der Waals surface area contributed by atoms with Gasteiger partial charge in [-0.05, 0) is 6.92 Å². The molecular formula is C6H7F3N2. The van der Waals surface area contributed by atoms with E-state index in [0.717, 1.165) is 12.1 Å². The van der Waals surface area contributed by atoms with E-state index < -0.39 is 17.8 Å². The highest BCUT2D eigenvalue weighted by molar-refractivity contribution is 5.12. The Morgan fingerprint density at radius 2 is 2.09 bits per heavy atom. The molecule has 0 heterocycles. The van der Waals surface area contributed by atoms with Gasteiger partial charge in [0.05, 0.1) is 6.07 Å². The van der Waals surface area contributed by atoms with Crippen molar-refractivity contribution in [3.63, 3.8) is 0 Å². The molecule has 0 saturated heterocycles. The molecule has 2 nitrogen and oxygen atoms in total. The maximum Gasteiger partial charge on any atom is 0.409 e. The van der Waals surface area contributed by atoms with Gasteiger partial charge < -0.3 is 5.73 Å². The Morgan fingerprint density at radius 3 is 2.18 bits per heavy atom. The van der Waals surface area contributed by atoms with Gasteiger partial charge in [-0.2, -0.15) is 18.4 Å². The van der Waals surface area contributed by atoms with Gasteiger partial charge >= 0.3 is 6.18 Å². The molecule has 1 atom stereocenters. The van der Waals surface area contributed by atoms with E-state index in [0.29, 0.717) is 0 Å². The first-order chi connectivity index (χ1) is 4.93. The van der Waals surface area contributed by atoms with Crippen molar-refractivity contribution in [2.45, 2.75) is 13.1 Å². The highest BCUT2D eigenvalue weighted by atomic mass is 19.4. The Hall–Kier alpha value is -1.18. The third kappa shape index (κ3) is 2.50. The maximum atomic E-state index is 11.8. The first-order valence-corrected chi connectivity index (χ1v) is 2.81. The molecular weight excluding hydrogens is 157 g/mol. The molecule has 0 radical (unpaired) electrons. The third-order valence-electron chi connectivity index (χ3n) is 1.12. The van der Waals surface area contributed by atoms with Crippen LogP contribution < -0.4 is 5.73 Å². The fourth-order valence-electron chi connectivity index (χ4n) is 0.503. The molecule has 0 aliphatic rings. The molecule has 0 spiro atoms. The molecule has 0 aromatic carbocycles. The highest BCUT2D eigenvalue weighted by Crippen LogP contribution is 2.28. The zero-order chi connectivity index (χ0) is 9.07. The fraction of sp³-hybridized carbons (Fsp3) is 0.500. The summed E-state index contributed by atoms with van der Waals surface area (Å²) in [4.78, 5) is 0. The van der Waals surface area contributed by atoms with Gasteiger partial charge in [-0.1, -0.05) is 6.08 Å². The summed E-state index contributed by atoms with van der Waals surface area (Å²) in [7, 11) is 0. The Kier molecular flexibility index (Phi) is 2.93. The summed E-state index contributed by atoms with van der Waals surface area (Å²) < 4.78 is 35.4. The molecule has 0 bridgehead atoms. The zero-order valence-corrected chi connectivity index (χ0v) is 5.81. The molecule has 0 fully saturated rings. The summed E-state index contributed by atoms with van der Waals surface area (Å²) in [6.45, 7) is 1.35. The molecule has 5 heteroatoms. The van der Waals surface area contributed by atoms with Crippen LogP contribution in [0.5, 0.6) is 0 Å². The second-order valence-electron chi connectivity index (χ2n) is 1.89. The summed E-state index contributed by atoms with van der Waals surface area (Å²) in [6.07, 6.45) is -3.49. The Morgan fingerprint density at radius 1 is 1.64 bits per heavy atom. The molecule has 0 rings (SSSR count). The SMILES string of the molecule is C/C=C(\N)C(C#N)C(F)(F)F. The lowest BCUT2D eigenvalue weighted by Gasteiger charge is -2.12. The topological polar surface area (TPSA) is 49.8 Å². The second-order valence-corrected chi connectivity index (χ2v) is 1.89. The lowest BCUT2D eigenvalue weighted by atomic mass is 10.1. The monoisotopic (exact) mass is 164 g/mol. The Balaban J connectivity index is 4.60. The Bertz CT molecular complexity index is 199. The standard InChI is InChI=1S/C6H7F3N2/c1-2-5(11)4(3-10)6(7,8)9/h2,4H,11H2,1H3/b5-2-. The molecule has 0 aliphatic heterocycles. The Labute approximate surface area is 62.1 Å². The summed E-state index contributed by atoms with van der Waals surface area (Å²) in [5, 5.41) is 8.07. The van der Waals surface area contributed by atoms with Crippen LogP contribution in [-0.4, -0.2) is 6.18 Å². The van der Waals surface area contributed by atoms with E-state index in [1.807, 2.05) is 0 Å². The minimum Gasteiger partial charge on any atom is -0.401 e. The third-order valence-corrected chi connectivity index (χ3v) is 1.12. The van der Waals surface area contributed by atoms with E-state index in [1.165, 1.54) is 6.92 Å². The highest BCUT2D eigenvalue weighted by Gasteiger charge is 2.41. The van der Waals surface area contributed by atoms with Crippen molar-refractivity contribution in [3.05, 3.63) is 11.8 Å². The van der Waals surface area contributed by atoms with Crippen molar-refractivity contribution in [2.75, 3.05) is 0 Å². The van der Waals surface area contributed by atoms with E-state index >= 15 is 0 Å². The van der Waals surface area contributed by atoms with Gasteiger partial charge in [0.1, 0.15) is 0 Å². The van der Waals surface area contributed by atoms with Crippen molar-refractivity contribution in [1.29, 1.82) is 5.26 Å². The molecule has 11 heavy (non-hydrogen) atoms. The first-order valence-electron chi connectivity index (χ1n) is 2.81. The van der Waals surface area contributed by atoms with Crippen LogP contribution in [0.2, 0.25) is 0 Å². The van der Waals surface area contributed by atoms with E-state index in [9.17, 15) is 13.2 Å². The van der Waals surface area contributed by atoms with E-state index in [2.05, 4.69) is 0 Å². The van der Waals surface area contributed by atoms with Crippen LogP contribution in [0.15, 0.2) is 11.8 Å². The average Bonchev–Trinajstić information content (AvgIpc) is 1.86. The maximum absolute atomic E-state index is 11.8. The predicted molar refractivity (Wildman–Crippen MR) is 33.1 cm³/mol. The number of allylic oxidation sites excluding steroid dienone is 2. The minimum absolute atomic E-state index is 0.458. The largest absolute Gasteiger partial charge is 0.409 e. The predicted octanol–water partition coefficient (Wildman–Crippen LogP) is 1.55. The van der Waals surface area contributed by atoms with Crippen LogP contribution in [0.25, 0.3) is 0 Å². The number of nitrogens with zero attached hydrogens (tertiary/aromatic N) is 1. The zero-order valence-electron chi connectivity index (χ0n) is 5.81. The van der Waals surface area contributed by atoms with Crippen molar-refractivity contribution in [3.8, 4) is 6.07 Å². The van der Waals surface area contributed by atoms with Gasteiger partial charge in [0.15, 0.2) is 5.92 Å². The van der Waals surface area contributed by atoms with Crippen LogP contribution >= 0.6 is 0 Å². The summed E-state index contributed by atoms with van der Waals surface area (Å²) in [6, 6.07) is 1.07. The number of halogens is 3. The molecule has 0 amide bonds. The van der Waals surface area contributed by atoms with Gasteiger partial charge in [-0.3, -0.25) is 0 Å². The number of hydrogen-bond acceptors (Lipinski definition) is 2. The lowest BCUT2D eigenvalue weighted by Crippen LogP contribution is -2.26. The number of hydrogen-bond donors (Lipinski definition) is 1. The molecule has 62 valence electrons. The first kappa shape index (κ1) is 9.82. The van der Waals surface area contributed by atoms with Crippen molar-refractivity contribution < 1.29 is 13.2 Å². The number of alkyl halides is 3. The number of nitriles is 1. The fourth-order valence-corrected chi connectivity index (χ4v) is 0.503. The van der Waals surface area contributed by atoms with Gasteiger partial charge in [-0.15, -0.1) is 0 Å². The van der Waals surface area contributed by atoms with Crippen LogP contribution in [0, 0.1) is 17.2 Å². The van der Waals surface area contributed by atoms with Crippen LogP contribution in [0.3, 0.4) is 0 Å². The summed E-state index contributed by atoms with van der Waals surface area (Å²) in [5.41, 5.74) is 4.47. The number of rotatable bonds is 1. The smallest absolute Gasteiger partial charge is 0.401 e. The second kappa shape index (κ2) is 3.28.